The zero-order valence-electron chi connectivity index (χ0n) is 19.0. The third-order valence-electron chi connectivity index (χ3n) is 5.12. The third kappa shape index (κ3) is 6.71. The number of nitrogens with zero attached hydrogens (tertiary/aromatic N) is 2. The minimum absolute atomic E-state index is 0.0640. The van der Waals surface area contributed by atoms with Crippen molar-refractivity contribution in [3.63, 3.8) is 0 Å². The average Bonchev–Trinajstić information content (AvgIpc) is 2.84. The second-order valence-corrected chi connectivity index (χ2v) is 7.89. The van der Waals surface area contributed by atoms with Crippen molar-refractivity contribution in [1.82, 2.24) is 14.9 Å². The quantitative estimate of drug-likeness (QED) is 0.414. The normalized spacial score (nSPS) is 10.7. The highest BCUT2D eigenvalue weighted by Gasteiger charge is 2.12. The summed E-state index contributed by atoms with van der Waals surface area (Å²) in [5.74, 6) is 0.0285. The van der Waals surface area contributed by atoms with Crippen LogP contribution in [0.3, 0.4) is 0 Å². The number of ether oxygens (including phenoxy) is 3. The lowest BCUT2D eigenvalue weighted by Crippen LogP contribution is -2.30. The van der Waals surface area contributed by atoms with E-state index >= 15 is 0 Å². The first-order chi connectivity index (χ1) is 16.4. The van der Waals surface area contributed by atoms with E-state index in [0.717, 1.165) is 5.56 Å². The summed E-state index contributed by atoms with van der Waals surface area (Å²) in [6, 6.07) is 10.6. The molecule has 0 saturated heterocycles. The Hall–Kier alpha value is -3.59. The van der Waals surface area contributed by atoms with Crippen molar-refractivity contribution in [2.24, 2.45) is 0 Å². The van der Waals surface area contributed by atoms with E-state index in [9.17, 15) is 14.4 Å². The number of fused-ring (bicyclic) bond motifs is 1. The first-order valence-corrected chi connectivity index (χ1v) is 11.1. The molecule has 1 amide bonds. The number of methoxy groups -OCH3 is 2. The summed E-state index contributed by atoms with van der Waals surface area (Å²) in [4.78, 5) is 40.9. The summed E-state index contributed by atoms with van der Waals surface area (Å²) in [6.45, 7) is 0.351. The van der Waals surface area contributed by atoms with Gasteiger partial charge in [-0.25, -0.2) is 4.98 Å². The lowest BCUT2D eigenvalue weighted by molar-refractivity contribution is -0.148. The van der Waals surface area contributed by atoms with E-state index in [4.69, 9.17) is 25.8 Å². The van der Waals surface area contributed by atoms with Gasteiger partial charge in [-0.3, -0.25) is 19.0 Å². The van der Waals surface area contributed by atoms with Crippen molar-refractivity contribution in [3.05, 3.63) is 63.7 Å². The summed E-state index contributed by atoms with van der Waals surface area (Å²) < 4.78 is 16.9. The molecule has 0 aliphatic rings. The van der Waals surface area contributed by atoms with Crippen molar-refractivity contribution >= 4 is 34.4 Å². The first-order valence-electron chi connectivity index (χ1n) is 10.7. The van der Waals surface area contributed by atoms with Crippen LogP contribution in [-0.2, 0) is 27.3 Å². The summed E-state index contributed by atoms with van der Waals surface area (Å²) in [5, 5.41) is 3.74. The van der Waals surface area contributed by atoms with E-state index in [1.165, 1.54) is 25.1 Å². The van der Waals surface area contributed by atoms with Gasteiger partial charge in [0, 0.05) is 30.6 Å². The molecule has 2 aromatic carbocycles. The molecule has 1 heterocycles. The molecule has 0 atom stereocenters. The van der Waals surface area contributed by atoms with Crippen molar-refractivity contribution in [1.29, 1.82) is 0 Å². The molecule has 0 fully saturated rings. The van der Waals surface area contributed by atoms with Crippen LogP contribution in [0.2, 0.25) is 5.02 Å². The number of carbonyl (C=O) groups is 2. The number of carbonyl (C=O) groups excluding carboxylic acids is 2. The van der Waals surface area contributed by atoms with Gasteiger partial charge < -0.3 is 19.5 Å². The van der Waals surface area contributed by atoms with Crippen molar-refractivity contribution in [2.75, 3.05) is 27.4 Å². The van der Waals surface area contributed by atoms with Crippen LogP contribution in [0.4, 0.5) is 0 Å². The minimum atomic E-state index is -0.513. The van der Waals surface area contributed by atoms with Gasteiger partial charge in [0.25, 0.3) is 11.5 Å². The molecule has 0 saturated carbocycles. The van der Waals surface area contributed by atoms with E-state index in [0.29, 0.717) is 46.8 Å². The molecule has 0 unspecified atom stereocenters. The molecule has 3 rings (SSSR count). The van der Waals surface area contributed by atoms with Gasteiger partial charge in [-0.15, -0.1) is 0 Å². The zero-order chi connectivity index (χ0) is 24.5. The summed E-state index contributed by atoms with van der Waals surface area (Å²) in [6.07, 6.45) is 2.49. The topological polar surface area (TPSA) is 109 Å². The number of amides is 1. The van der Waals surface area contributed by atoms with Gasteiger partial charge in [0.2, 0.25) is 0 Å². The lowest BCUT2D eigenvalue weighted by Gasteiger charge is -2.10. The van der Waals surface area contributed by atoms with Crippen LogP contribution in [-0.4, -0.2) is 48.8 Å². The van der Waals surface area contributed by atoms with Crippen molar-refractivity contribution in [3.8, 4) is 11.5 Å². The molecule has 0 bridgehead atoms. The minimum Gasteiger partial charge on any atom is -0.493 e. The Kier molecular flexibility index (Phi) is 8.86. The van der Waals surface area contributed by atoms with Crippen LogP contribution >= 0.6 is 11.6 Å². The second-order valence-electron chi connectivity index (χ2n) is 7.46. The van der Waals surface area contributed by atoms with E-state index in [1.54, 1.807) is 24.3 Å². The molecule has 9 nitrogen and oxygen atoms in total. The fraction of sp³-hybridized carbons (Fsp3) is 0.333. The van der Waals surface area contributed by atoms with Gasteiger partial charge in [0.15, 0.2) is 18.1 Å². The number of nitrogens with one attached hydrogen (secondary N) is 1. The lowest BCUT2D eigenvalue weighted by atomic mass is 10.1. The van der Waals surface area contributed by atoms with Crippen molar-refractivity contribution < 1.29 is 23.8 Å². The number of benzene rings is 2. The Morgan fingerprint density at radius 3 is 2.50 bits per heavy atom. The Labute approximate surface area is 201 Å². The number of esters is 1. The fourth-order valence-electron chi connectivity index (χ4n) is 3.30. The monoisotopic (exact) mass is 487 g/mol. The van der Waals surface area contributed by atoms with Crippen LogP contribution in [0.1, 0.15) is 18.4 Å². The smallest absolute Gasteiger partial charge is 0.306 e. The standard InChI is InChI=1S/C24H26ClN3O6/c1-32-20-12-18-19(13-21(20)33-2)27-15-28(24(18)31)11-3-4-23(30)34-14-22(29)26-10-9-16-5-7-17(25)8-6-16/h5-8,12-13,15H,3-4,9-11,14H2,1-2H3,(H,26,29). The number of hydrogen-bond donors (Lipinski definition) is 1. The first kappa shape index (κ1) is 25.0. The predicted octanol–water partition coefficient (Wildman–Crippen LogP) is 2.75. The predicted molar refractivity (Wildman–Crippen MR) is 127 cm³/mol. The molecule has 0 spiro atoms. The van der Waals surface area contributed by atoms with Gasteiger partial charge in [-0.05, 0) is 36.6 Å². The molecular formula is C24H26ClN3O6. The molecule has 0 aliphatic carbocycles. The molecule has 34 heavy (non-hydrogen) atoms. The highest BCUT2D eigenvalue weighted by atomic mass is 35.5. The summed E-state index contributed by atoms with van der Waals surface area (Å²) in [7, 11) is 3.00. The molecule has 1 N–H and O–H groups in total. The molecule has 180 valence electrons. The number of rotatable bonds is 11. The zero-order valence-corrected chi connectivity index (χ0v) is 19.8. The number of aromatic nitrogens is 2. The van der Waals surface area contributed by atoms with Gasteiger partial charge in [0.05, 0.1) is 31.4 Å². The number of aryl methyl sites for hydroxylation is 1. The number of halogens is 1. The Balaban J connectivity index is 1.42. The maximum Gasteiger partial charge on any atom is 0.306 e. The number of hydrogen-bond acceptors (Lipinski definition) is 7. The SMILES string of the molecule is COc1cc2ncn(CCCC(=O)OCC(=O)NCCc3ccc(Cl)cc3)c(=O)c2cc1OC. The molecule has 1 aromatic heterocycles. The third-order valence-corrected chi connectivity index (χ3v) is 5.37. The Bertz CT molecular complexity index is 1210. The van der Waals surface area contributed by atoms with Crippen LogP contribution < -0.4 is 20.3 Å². The molecule has 3 aromatic rings. The van der Waals surface area contributed by atoms with Crippen LogP contribution in [0.5, 0.6) is 11.5 Å². The maximum atomic E-state index is 12.8. The van der Waals surface area contributed by atoms with Crippen LogP contribution in [0.25, 0.3) is 10.9 Å². The van der Waals surface area contributed by atoms with Crippen molar-refractivity contribution in [2.45, 2.75) is 25.8 Å². The largest absolute Gasteiger partial charge is 0.493 e. The van der Waals surface area contributed by atoms with Gasteiger partial charge in [-0.1, -0.05) is 23.7 Å². The highest BCUT2D eigenvalue weighted by Crippen LogP contribution is 2.29. The second kappa shape index (κ2) is 12.0. The van der Waals surface area contributed by atoms with Gasteiger partial charge in [-0.2, -0.15) is 0 Å². The van der Waals surface area contributed by atoms with E-state index in [1.807, 2.05) is 12.1 Å². The summed E-state index contributed by atoms with van der Waals surface area (Å²) >= 11 is 5.84. The molecule has 10 heteroatoms. The Morgan fingerprint density at radius 2 is 1.79 bits per heavy atom. The van der Waals surface area contributed by atoms with Gasteiger partial charge >= 0.3 is 5.97 Å². The molecular weight excluding hydrogens is 462 g/mol. The van der Waals surface area contributed by atoms with E-state index in [-0.39, 0.29) is 31.0 Å². The maximum absolute atomic E-state index is 12.8. The fourth-order valence-corrected chi connectivity index (χ4v) is 3.43. The molecule has 0 aliphatic heterocycles. The van der Waals surface area contributed by atoms with Gasteiger partial charge in [0.1, 0.15) is 0 Å². The Morgan fingerprint density at radius 1 is 1.09 bits per heavy atom. The summed E-state index contributed by atoms with van der Waals surface area (Å²) in [5.41, 5.74) is 1.28. The van der Waals surface area contributed by atoms with Crippen LogP contribution in [0, 0.1) is 0 Å². The highest BCUT2D eigenvalue weighted by molar-refractivity contribution is 6.30. The average molecular weight is 488 g/mol. The van der Waals surface area contributed by atoms with E-state index < -0.39 is 5.97 Å². The van der Waals surface area contributed by atoms with Crippen LogP contribution in [0.15, 0.2) is 47.5 Å². The molecule has 0 radical (unpaired) electrons. The van der Waals surface area contributed by atoms with E-state index in [2.05, 4.69) is 10.3 Å².